The summed E-state index contributed by atoms with van der Waals surface area (Å²) in [6.07, 6.45) is 8.97. The number of thioether (sulfide) groups is 2. The minimum absolute atomic E-state index is 0.266. The van der Waals surface area contributed by atoms with Crippen LogP contribution in [-0.4, -0.2) is 26.6 Å². The number of pyridine rings is 1. The van der Waals surface area contributed by atoms with E-state index in [1.807, 2.05) is 35.8 Å². The molecule has 136 valence electrons. The van der Waals surface area contributed by atoms with Crippen molar-refractivity contribution in [3.05, 3.63) is 42.1 Å². The van der Waals surface area contributed by atoms with Crippen LogP contribution in [0, 0.1) is 0 Å². The van der Waals surface area contributed by atoms with E-state index < -0.39 is 5.97 Å². The second-order valence-corrected chi connectivity index (χ2v) is 9.69. The summed E-state index contributed by atoms with van der Waals surface area (Å²) in [6, 6.07) is 10.9. The topological polar surface area (TPSA) is 50.2 Å². The summed E-state index contributed by atoms with van der Waals surface area (Å²) < 4.78 is 0. The number of aryl methyl sites for hydroxylation is 1. The van der Waals surface area contributed by atoms with Crippen LogP contribution in [0.15, 0.2) is 46.5 Å². The van der Waals surface area contributed by atoms with E-state index in [1.165, 1.54) is 40.8 Å². The van der Waals surface area contributed by atoms with E-state index in [2.05, 4.69) is 29.2 Å². The molecule has 1 aliphatic heterocycles. The van der Waals surface area contributed by atoms with Crippen LogP contribution in [0.5, 0.6) is 0 Å². The van der Waals surface area contributed by atoms with Gasteiger partial charge in [-0.05, 0) is 61.4 Å². The Labute approximate surface area is 163 Å². The van der Waals surface area contributed by atoms with Gasteiger partial charge in [0.1, 0.15) is 5.03 Å². The molecular formula is C21H23NO2S2. The number of nitrogens with zero attached hydrogens (tertiary/aromatic N) is 1. The minimum Gasteiger partial charge on any atom is -0.481 e. The maximum atomic E-state index is 10.8. The van der Waals surface area contributed by atoms with Crippen LogP contribution in [0.3, 0.4) is 0 Å². The summed E-state index contributed by atoms with van der Waals surface area (Å²) in [4.78, 5) is 16.8. The largest absolute Gasteiger partial charge is 0.481 e. The predicted molar refractivity (Wildman–Crippen MR) is 108 cm³/mol. The van der Waals surface area contributed by atoms with Gasteiger partial charge in [0.15, 0.2) is 0 Å². The van der Waals surface area contributed by atoms with Gasteiger partial charge < -0.3 is 5.11 Å². The van der Waals surface area contributed by atoms with Crippen molar-refractivity contribution in [2.45, 2.75) is 65.4 Å². The van der Waals surface area contributed by atoms with Crippen molar-refractivity contribution in [2.75, 3.05) is 0 Å². The SMILES string of the molecule is O=C(O)CCC1CCc2cc(-c3cccnc3SC3CCC3)ccc2S1. The highest BCUT2D eigenvalue weighted by molar-refractivity contribution is 8.00. The van der Waals surface area contributed by atoms with Crippen LogP contribution in [0.25, 0.3) is 11.1 Å². The van der Waals surface area contributed by atoms with Gasteiger partial charge in [-0.1, -0.05) is 18.6 Å². The summed E-state index contributed by atoms with van der Waals surface area (Å²) in [5.74, 6) is -0.695. The Balaban J connectivity index is 1.52. The first-order valence-electron chi connectivity index (χ1n) is 9.32. The first-order valence-corrected chi connectivity index (χ1v) is 11.1. The van der Waals surface area contributed by atoms with Gasteiger partial charge in [0, 0.05) is 33.6 Å². The number of hydrogen-bond acceptors (Lipinski definition) is 4. The number of hydrogen-bond donors (Lipinski definition) is 1. The number of rotatable bonds is 6. The van der Waals surface area contributed by atoms with E-state index in [1.54, 1.807) is 0 Å². The molecule has 0 bridgehead atoms. The van der Waals surface area contributed by atoms with E-state index in [9.17, 15) is 4.79 Å². The average Bonchev–Trinajstić information content (AvgIpc) is 2.63. The summed E-state index contributed by atoms with van der Waals surface area (Å²) >= 11 is 3.77. The zero-order valence-corrected chi connectivity index (χ0v) is 16.3. The first kappa shape index (κ1) is 17.9. The molecule has 4 rings (SSSR count). The molecule has 1 aliphatic carbocycles. The summed E-state index contributed by atoms with van der Waals surface area (Å²) in [5.41, 5.74) is 3.89. The van der Waals surface area contributed by atoms with Gasteiger partial charge in [0.2, 0.25) is 0 Å². The fourth-order valence-electron chi connectivity index (χ4n) is 3.45. The molecule has 2 heterocycles. The van der Waals surface area contributed by atoms with Crippen LogP contribution in [0.1, 0.15) is 44.1 Å². The predicted octanol–water partition coefficient (Wildman–Crippen LogP) is 5.66. The van der Waals surface area contributed by atoms with Crippen LogP contribution in [0.4, 0.5) is 0 Å². The third-order valence-electron chi connectivity index (χ3n) is 5.18. The van der Waals surface area contributed by atoms with Gasteiger partial charge in [-0.3, -0.25) is 4.79 Å². The van der Waals surface area contributed by atoms with Gasteiger partial charge in [0.25, 0.3) is 0 Å². The molecule has 0 spiro atoms. The third kappa shape index (κ3) is 4.09. The second kappa shape index (κ2) is 8.05. The standard InChI is InChI=1S/C21H23NO2S2/c23-20(24)11-9-17-8-6-15-13-14(7-10-19(15)25-17)18-5-2-12-22-21(18)26-16-3-1-4-16/h2,5,7,10,12-13,16-17H,1,3-4,6,8-9,11H2,(H,23,24). The quantitative estimate of drug-likeness (QED) is 0.695. The molecule has 0 radical (unpaired) electrons. The number of fused-ring (bicyclic) bond motifs is 1. The summed E-state index contributed by atoms with van der Waals surface area (Å²) in [7, 11) is 0. The van der Waals surface area contributed by atoms with Gasteiger partial charge >= 0.3 is 5.97 Å². The smallest absolute Gasteiger partial charge is 0.303 e. The number of carboxylic acid groups (broad SMARTS) is 1. The van der Waals surface area contributed by atoms with Gasteiger partial charge in [0.05, 0.1) is 0 Å². The van der Waals surface area contributed by atoms with E-state index in [-0.39, 0.29) is 6.42 Å². The third-order valence-corrected chi connectivity index (χ3v) is 7.99. The molecule has 26 heavy (non-hydrogen) atoms. The highest BCUT2D eigenvalue weighted by atomic mass is 32.2. The molecule has 2 aliphatic rings. The van der Waals surface area contributed by atoms with Crippen molar-refractivity contribution in [3.8, 4) is 11.1 Å². The molecule has 1 N–H and O–H groups in total. The van der Waals surface area contributed by atoms with Crippen molar-refractivity contribution in [1.29, 1.82) is 0 Å². The van der Waals surface area contributed by atoms with Crippen molar-refractivity contribution in [2.24, 2.45) is 0 Å². The normalized spacial score (nSPS) is 19.6. The first-order chi connectivity index (χ1) is 12.7. The molecule has 3 nitrogen and oxygen atoms in total. The van der Waals surface area contributed by atoms with E-state index in [0.29, 0.717) is 5.25 Å². The summed E-state index contributed by atoms with van der Waals surface area (Å²) in [6.45, 7) is 0. The van der Waals surface area contributed by atoms with Gasteiger partial charge in [-0.2, -0.15) is 0 Å². The lowest BCUT2D eigenvalue weighted by Crippen LogP contribution is -2.13. The maximum Gasteiger partial charge on any atom is 0.303 e. The van der Waals surface area contributed by atoms with E-state index in [4.69, 9.17) is 5.11 Å². The van der Waals surface area contributed by atoms with Crippen molar-refractivity contribution < 1.29 is 9.90 Å². The lowest BCUT2D eigenvalue weighted by molar-refractivity contribution is -0.137. The van der Waals surface area contributed by atoms with Gasteiger partial charge in [-0.15, -0.1) is 23.5 Å². The fourth-order valence-corrected chi connectivity index (χ4v) is 6.06. The molecule has 1 fully saturated rings. The Morgan fingerprint density at radius 1 is 1.27 bits per heavy atom. The lowest BCUT2D eigenvalue weighted by Gasteiger charge is -2.26. The Morgan fingerprint density at radius 3 is 2.92 bits per heavy atom. The Kier molecular flexibility index (Phi) is 5.55. The molecule has 1 atom stereocenters. The molecule has 1 aromatic heterocycles. The Morgan fingerprint density at radius 2 is 2.15 bits per heavy atom. The van der Waals surface area contributed by atoms with Crippen LogP contribution in [-0.2, 0) is 11.2 Å². The molecule has 1 saturated carbocycles. The summed E-state index contributed by atoms with van der Waals surface area (Å²) in [5, 5.41) is 11.2. The number of benzene rings is 1. The van der Waals surface area contributed by atoms with Crippen molar-refractivity contribution in [3.63, 3.8) is 0 Å². The van der Waals surface area contributed by atoms with Crippen molar-refractivity contribution in [1.82, 2.24) is 4.98 Å². The monoisotopic (exact) mass is 385 g/mol. The average molecular weight is 386 g/mol. The molecule has 0 saturated heterocycles. The zero-order valence-electron chi connectivity index (χ0n) is 14.7. The highest BCUT2D eigenvalue weighted by Gasteiger charge is 2.23. The molecule has 5 heteroatoms. The zero-order chi connectivity index (χ0) is 17.9. The Bertz CT molecular complexity index is 804. The van der Waals surface area contributed by atoms with Crippen LogP contribution < -0.4 is 0 Å². The number of aromatic nitrogens is 1. The number of aliphatic carboxylic acids is 1. The van der Waals surface area contributed by atoms with Crippen molar-refractivity contribution >= 4 is 29.5 Å². The lowest BCUT2D eigenvalue weighted by atomic mass is 9.99. The Hall–Kier alpha value is -1.46. The highest BCUT2D eigenvalue weighted by Crippen LogP contribution is 2.42. The van der Waals surface area contributed by atoms with E-state index >= 15 is 0 Å². The molecule has 1 unspecified atom stereocenters. The molecule has 1 aromatic carbocycles. The minimum atomic E-state index is -0.695. The van der Waals surface area contributed by atoms with E-state index in [0.717, 1.165) is 29.5 Å². The molecule has 0 amide bonds. The van der Waals surface area contributed by atoms with Gasteiger partial charge in [-0.25, -0.2) is 4.98 Å². The number of carbonyl (C=O) groups is 1. The molecule has 2 aromatic rings. The maximum absolute atomic E-state index is 10.8. The van der Waals surface area contributed by atoms with Crippen LogP contribution >= 0.6 is 23.5 Å². The second-order valence-electron chi connectivity index (χ2n) is 7.06. The molecular weight excluding hydrogens is 362 g/mol. The number of carboxylic acids is 1. The fraction of sp³-hybridized carbons (Fsp3) is 0.429. The van der Waals surface area contributed by atoms with Crippen LogP contribution in [0.2, 0.25) is 0 Å².